The van der Waals surface area contributed by atoms with E-state index in [-0.39, 0.29) is 18.3 Å². The van der Waals surface area contributed by atoms with Gasteiger partial charge < -0.3 is 24.3 Å². The molecule has 1 aliphatic heterocycles. The van der Waals surface area contributed by atoms with E-state index in [2.05, 4.69) is 18.2 Å². The average molecular weight is 525 g/mol. The highest BCUT2D eigenvalue weighted by Gasteiger charge is 2.27. The van der Waals surface area contributed by atoms with E-state index in [1.165, 1.54) is 0 Å². The van der Waals surface area contributed by atoms with Gasteiger partial charge in [-0.3, -0.25) is 0 Å². The lowest BCUT2D eigenvalue weighted by Crippen LogP contribution is -2.10. The molecule has 0 aliphatic carbocycles. The number of ether oxygens (including phenoxy) is 2. The second kappa shape index (κ2) is 10.6. The van der Waals surface area contributed by atoms with Crippen LogP contribution in [0.25, 0.3) is 22.2 Å². The van der Waals surface area contributed by atoms with Crippen LogP contribution in [-0.2, 0) is 24.1 Å². The molecule has 0 bridgehead atoms. The largest absolute Gasteiger partial charge is 0.484 e. The highest BCUT2D eigenvalue weighted by molar-refractivity contribution is 5.77. The van der Waals surface area contributed by atoms with Gasteiger partial charge in [0.1, 0.15) is 23.5 Å². The van der Waals surface area contributed by atoms with Crippen molar-refractivity contribution in [2.75, 3.05) is 13.7 Å². The first-order valence-electron chi connectivity index (χ1n) is 13.0. The van der Waals surface area contributed by atoms with Crippen molar-refractivity contribution in [1.29, 1.82) is 0 Å². The van der Waals surface area contributed by atoms with E-state index in [4.69, 9.17) is 14.5 Å². The second-order valence-electron chi connectivity index (χ2n) is 9.79. The maximum Gasteiger partial charge on any atom is 0.178 e. The number of halogens is 1. The Morgan fingerprint density at radius 2 is 1.87 bits per heavy atom. The summed E-state index contributed by atoms with van der Waals surface area (Å²) in [6.45, 7) is 0.942. The van der Waals surface area contributed by atoms with Crippen LogP contribution < -0.4 is 4.74 Å². The minimum absolute atomic E-state index is 0.0565. The fraction of sp³-hybridized carbons (Fsp3) is 0.219. The van der Waals surface area contributed by atoms with Crippen LogP contribution in [0.1, 0.15) is 40.5 Å². The van der Waals surface area contributed by atoms with Crippen molar-refractivity contribution in [1.82, 2.24) is 9.55 Å². The van der Waals surface area contributed by atoms with Crippen molar-refractivity contribution >= 4 is 11.0 Å². The molecule has 198 valence electrons. The highest BCUT2D eigenvalue weighted by atomic mass is 19.1. The number of aliphatic hydroxyl groups excluding tert-OH is 1. The van der Waals surface area contributed by atoms with E-state index in [0.29, 0.717) is 35.6 Å². The summed E-state index contributed by atoms with van der Waals surface area (Å²) in [4.78, 5) is 4.72. The van der Waals surface area contributed by atoms with E-state index < -0.39 is 6.29 Å². The van der Waals surface area contributed by atoms with Gasteiger partial charge in [-0.25, -0.2) is 9.37 Å². The lowest BCUT2D eigenvalue weighted by Gasteiger charge is -2.14. The Balaban J connectivity index is 1.30. The number of rotatable bonds is 8. The fourth-order valence-corrected chi connectivity index (χ4v) is 5.30. The van der Waals surface area contributed by atoms with E-state index >= 15 is 4.39 Å². The minimum atomic E-state index is -1.58. The van der Waals surface area contributed by atoms with Crippen molar-refractivity contribution < 1.29 is 24.1 Å². The third-order valence-corrected chi connectivity index (χ3v) is 7.31. The molecule has 0 spiro atoms. The Morgan fingerprint density at radius 1 is 1.03 bits per heavy atom. The second-order valence-corrected chi connectivity index (χ2v) is 9.79. The van der Waals surface area contributed by atoms with E-state index in [0.717, 1.165) is 39.9 Å². The first-order chi connectivity index (χ1) is 19.0. The first kappa shape index (κ1) is 25.2. The van der Waals surface area contributed by atoms with Gasteiger partial charge in [0.25, 0.3) is 0 Å². The summed E-state index contributed by atoms with van der Waals surface area (Å²) >= 11 is 0. The van der Waals surface area contributed by atoms with Crippen LogP contribution >= 0.6 is 0 Å². The van der Waals surface area contributed by atoms with Crippen molar-refractivity contribution in [3.8, 4) is 16.9 Å². The molecule has 5 aromatic rings. The summed E-state index contributed by atoms with van der Waals surface area (Å²) in [6.07, 6.45) is -0.583. The predicted octanol–water partition coefficient (Wildman–Crippen LogP) is 5.74. The molecule has 2 heterocycles. The van der Waals surface area contributed by atoms with Gasteiger partial charge in [0.2, 0.25) is 0 Å². The van der Waals surface area contributed by atoms with E-state index in [9.17, 15) is 10.2 Å². The summed E-state index contributed by atoms with van der Waals surface area (Å²) in [6, 6.07) is 26.5. The number of benzene rings is 4. The molecule has 2 N–H and O–H groups in total. The molecule has 6 rings (SSSR count). The number of imidazole rings is 1. The van der Waals surface area contributed by atoms with Crippen LogP contribution in [0.4, 0.5) is 4.39 Å². The van der Waals surface area contributed by atoms with Gasteiger partial charge in [-0.15, -0.1) is 0 Å². The number of nitrogens with zero attached hydrogens (tertiary/aromatic N) is 2. The molecular formula is C32H29FN2O4. The first-order valence-corrected chi connectivity index (χ1v) is 13.0. The standard InChI is InChI=1S/C32H29FN2O4/c1-38-15-14-35-28-17-24(32(36)37)12-13-27(28)34-30(35)19-22-11-10-21(16-26(22)33)25-9-5-8-23-18-29(39-31(23)25)20-6-3-2-4-7-20/h2-13,16-17,29,32,36-37H,14-15,18-19H2,1H3. The predicted molar refractivity (Wildman–Crippen MR) is 147 cm³/mol. The molecule has 0 radical (unpaired) electrons. The summed E-state index contributed by atoms with van der Waals surface area (Å²) < 4.78 is 29.1. The molecule has 1 aliphatic rings. The van der Waals surface area contributed by atoms with Crippen molar-refractivity contribution in [3.63, 3.8) is 0 Å². The Kier molecular flexibility index (Phi) is 6.87. The zero-order valence-corrected chi connectivity index (χ0v) is 21.5. The Labute approximate surface area is 225 Å². The molecule has 1 aromatic heterocycles. The van der Waals surface area contributed by atoms with Crippen molar-refractivity contribution in [3.05, 3.63) is 119 Å². The van der Waals surface area contributed by atoms with Crippen LogP contribution in [0.3, 0.4) is 0 Å². The number of aliphatic hydroxyl groups is 2. The molecule has 39 heavy (non-hydrogen) atoms. The molecule has 0 saturated carbocycles. The Bertz CT molecular complexity index is 1630. The zero-order chi connectivity index (χ0) is 26.9. The van der Waals surface area contributed by atoms with Gasteiger partial charge >= 0.3 is 0 Å². The topological polar surface area (TPSA) is 76.7 Å². The number of hydrogen-bond donors (Lipinski definition) is 2. The number of aromatic nitrogens is 2. The smallest absolute Gasteiger partial charge is 0.178 e. The van der Waals surface area contributed by atoms with Crippen molar-refractivity contribution in [2.45, 2.75) is 31.8 Å². The van der Waals surface area contributed by atoms with Crippen LogP contribution in [-0.4, -0.2) is 33.5 Å². The molecule has 1 unspecified atom stereocenters. The van der Waals surface area contributed by atoms with Gasteiger partial charge in [-0.05, 0) is 40.5 Å². The number of methoxy groups -OCH3 is 1. The zero-order valence-electron chi connectivity index (χ0n) is 21.5. The average Bonchev–Trinajstić information content (AvgIpc) is 3.54. The summed E-state index contributed by atoms with van der Waals surface area (Å²) in [5, 5.41) is 19.2. The molecule has 0 fully saturated rings. The Morgan fingerprint density at radius 3 is 2.64 bits per heavy atom. The molecule has 0 saturated heterocycles. The lowest BCUT2D eigenvalue weighted by molar-refractivity contribution is -0.0424. The highest BCUT2D eigenvalue weighted by Crippen LogP contribution is 2.43. The number of hydrogen-bond acceptors (Lipinski definition) is 5. The fourth-order valence-electron chi connectivity index (χ4n) is 5.30. The monoisotopic (exact) mass is 524 g/mol. The minimum Gasteiger partial charge on any atom is -0.484 e. The SMILES string of the molecule is COCCn1c(Cc2ccc(-c3cccc4c3OC(c3ccccc3)C4)cc2F)nc2ccc(C(O)O)cc21. The molecule has 7 heteroatoms. The van der Waals surface area contributed by atoms with Gasteiger partial charge in [0.15, 0.2) is 6.29 Å². The molecule has 0 amide bonds. The third kappa shape index (κ3) is 4.92. The Hall–Kier alpha value is -4.04. The normalized spacial score (nSPS) is 14.6. The van der Waals surface area contributed by atoms with Crippen LogP contribution in [0, 0.1) is 5.82 Å². The number of fused-ring (bicyclic) bond motifs is 2. The summed E-state index contributed by atoms with van der Waals surface area (Å²) in [7, 11) is 1.62. The van der Waals surface area contributed by atoms with Crippen molar-refractivity contribution in [2.24, 2.45) is 0 Å². The van der Waals surface area contributed by atoms with Gasteiger partial charge in [-0.1, -0.05) is 66.7 Å². The molecular weight excluding hydrogens is 495 g/mol. The maximum absolute atomic E-state index is 15.6. The summed E-state index contributed by atoms with van der Waals surface area (Å²) in [5.41, 5.74) is 6.21. The molecule has 4 aromatic carbocycles. The van der Waals surface area contributed by atoms with Crippen LogP contribution in [0.2, 0.25) is 0 Å². The molecule has 6 nitrogen and oxygen atoms in total. The third-order valence-electron chi connectivity index (χ3n) is 7.31. The van der Waals surface area contributed by atoms with E-state index in [1.807, 2.05) is 41.0 Å². The maximum atomic E-state index is 15.6. The van der Waals surface area contributed by atoms with Gasteiger partial charge in [-0.2, -0.15) is 0 Å². The number of para-hydroxylation sites is 1. The summed E-state index contributed by atoms with van der Waals surface area (Å²) in [5.74, 6) is 1.16. The molecule has 1 atom stereocenters. The lowest BCUT2D eigenvalue weighted by atomic mass is 9.98. The van der Waals surface area contributed by atoms with Gasteiger partial charge in [0.05, 0.1) is 17.6 Å². The van der Waals surface area contributed by atoms with E-state index in [1.54, 1.807) is 37.4 Å². The van der Waals surface area contributed by atoms with Gasteiger partial charge in [0, 0.05) is 37.6 Å². The van der Waals surface area contributed by atoms with Crippen LogP contribution in [0.15, 0.2) is 84.9 Å². The van der Waals surface area contributed by atoms with Crippen LogP contribution in [0.5, 0.6) is 5.75 Å². The quantitative estimate of drug-likeness (QED) is 0.253.